The molecule has 1 aromatic heterocycles. The van der Waals surface area contributed by atoms with Gasteiger partial charge in [-0.1, -0.05) is 60.7 Å². The summed E-state index contributed by atoms with van der Waals surface area (Å²) in [4.78, 5) is 24.0. The van der Waals surface area contributed by atoms with Gasteiger partial charge in [-0.05, 0) is 37.4 Å². The zero-order valence-electron chi connectivity index (χ0n) is 18.3. The van der Waals surface area contributed by atoms with Crippen LogP contribution in [0.15, 0.2) is 85.2 Å². The number of hydrogen-bond acceptors (Lipinski definition) is 4. The molecule has 1 amide bonds. The lowest BCUT2D eigenvalue weighted by molar-refractivity contribution is 0.0312. The van der Waals surface area contributed by atoms with Gasteiger partial charge in [0.1, 0.15) is 0 Å². The van der Waals surface area contributed by atoms with Gasteiger partial charge in [0.15, 0.2) is 0 Å². The van der Waals surface area contributed by atoms with E-state index < -0.39 is 0 Å². The third-order valence-electron chi connectivity index (χ3n) is 5.86. The Morgan fingerprint density at radius 3 is 2.16 bits per heavy atom. The fourth-order valence-corrected chi connectivity index (χ4v) is 4.50. The number of aromatic nitrogens is 1. The number of benzene rings is 2. The largest absolute Gasteiger partial charge is 0.336 e. The highest BCUT2D eigenvalue weighted by Crippen LogP contribution is 2.32. The predicted molar refractivity (Wildman–Crippen MR) is 124 cm³/mol. The SMILES string of the molecule is CN(C)CC1CN(C(=O)c2cccnc2)CCN1C(c1ccccc1)c1ccccc1. The summed E-state index contributed by atoms with van der Waals surface area (Å²) in [6.07, 6.45) is 3.36. The highest BCUT2D eigenvalue weighted by molar-refractivity contribution is 5.94. The molecule has 1 fully saturated rings. The number of rotatable bonds is 6. The van der Waals surface area contributed by atoms with E-state index in [1.807, 2.05) is 17.0 Å². The van der Waals surface area contributed by atoms with Crippen molar-refractivity contribution >= 4 is 5.91 Å². The number of likely N-dealkylation sites (N-methyl/N-ethyl adjacent to an activating group) is 1. The number of amides is 1. The van der Waals surface area contributed by atoms with Gasteiger partial charge in [0.25, 0.3) is 5.91 Å². The Morgan fingerprint density at radius 2 is 1.61 bits per heavy atom. The highest BCUT2D eigenvalue weighted by atomic mass is 16.2. The Morgan fingerprint density at radius 1 is 0.968 bits per heavy atom. The number of hydrogen-bond donors (Lipinski definition) is 0. The molecule has 1 atom stereocenters. The van der Waals surface area contributed by atoms with E-state index in [0.29, 0.717) is 18.7 Å². The van der Waals surface area contributed by atoms with E-state index in [1.54, 1.807) is 12.4 Å². The third-order valence-corrected chi connectivity index (χ3v) is 5.86. The van der Waals surface area contributed by atoms with E-state index in [4.69, 9.17) is 0 Å². The molecular weight excluding hydrogens is 384 g/mol. The molecule has 0 N–H and O–H groups in total. The lowest BCUT2D eigenvalue weighted by Gasteiger charge is -2.46. The van der Waals surface area contributed by atoms with E-state index in [1.165, 1.54) is 11.1 Å². The van der Waals surface area contributed by atoms with Crippen molar-refractivity contribution in [2.24, 2.45) is 0 Å². The van der Waals surface area contributed by atoms with E-state index in [9.17, 15) is 4.79 Å². The molecule has 0 radical (unpaired) electrons. The monoisotopic (exact) mass is 414 g/mol. The molecule has 3 aromatic rings. The first-order valence-corrected chi connectivity index (χ1v) is 10.8. The molecule has 0 saturated carbocycles. The second-order valence-corrected chi connectivity index (χ2v) is 8.37. The second-order valence-electron chi connectivity index (χ2n) is 8.37. The molecule has 4 rings (SSSR count). The van der Waals surface area contributed by atoms with Crippen LogP contribution in [-0.4, -0.2) is 71.9 Å². The van der Waals surface area contributed by atoms with Crippen LogP contribution in [0.2, 0.25) is 0 Å². The summed E-state index contributed by atoms with van der Waals surface area (Å²) in [5.41, 5.74) is 3.22. The van der Waals surface area contributed by atoms with E-state index in [-0.39, 0.29) is 18.0 Å². The minimum absolute atomic E-state index is 0.0625. The summed E-state index contributed by atoms with van der Waals surface area (Å²) >= 11 is 0. The number of piperazine rings is 1. The minimum Gasteiger partial charge on any atom is -0.336 e. The first-order valence-electron chi connectivity index (χ1n) is 10.8. The van der Waals surface area contributed by atoms with Gasteiger partial charge in [0, 0.05) is 44.6 Å². The molecule has 1 aliphatic rings. The highest BCUT2D eigenvalue weighted by Gasteiger charge is 2.35. The lowest BCUT2D eigenvalue weighted by Crippen LogP contribution is -2.58. The van der Waals surface area contributed by atoms with Gasteiger partial charge in [0.2, 0.25) is 0 Å². The third kappa shape index (κ3) is 5.01. The summed E-state index contributed by atoms with van der Waals surface area (Å²) in [6.45, 7) is 3.10. The van der Waals surface area contributed by atoms with Crippen LogP contribution >= 0.6 is 0 Å². The number of nitrogens with zero attached hydrogens (tertiary/aromatic N) is 4. The van der Waals surface area contributed by atoms with Crippen LogP contribution in [-0.2, 0) is 0 Å². The van der Waals surface area contributed by atoms with Gasteiger partial charge in [-0.2, -0.15) is 0 Å². The maximum absolute atomic E-state index is 13.1. The Balaban J connectivity index is 1.64. The first kappa shape index (κ1) is 21.2. The van der Waals surface area contributed by atoms with Crippen LogP contribution in [0.25, 0.3) is 0 Å². The van der Waals surface area contributed by atoms with Crippen LogP contribution < -0.4 is 0 Å². The number of pyridine rings is 1. The molecular formula is C26H30N4O. The van der Waals surface area contributed by atoms with Crippen LogP contribution in [0.5, 0.6) is 0 Å². The van der Waals surface area contributed by atoms with Crippen molar-refractivity contribution in [1.29, 1.82) is 0 Å². The molecule has 0 bridgehead atoms. The van der Waals surface area contributed by atoms with Gasteiger partial charge in [-0.25, -0.2) is 0 Å². The first-order chi connectivity index (χ1) is 15.1. The topological polar surface area (TPSA) is 39.7 Å². The van der Waals surface area contributed by atoms with Gasteiger partial charge in [0.05, 0.1) is 11.6 Å². The molecule has 1 unspecified atom stereocenters. The molecule has 2 heterocycles. The van der Waals surface area contributed by atoms with Crippen LogP contribution in [0.3, 0.4) is 0 Å². The van der Waals surface area contributed by atoms with Crippen molar-refractivity contribution in [2.75, 3.05) is 40.3 Å². The van der Waals surface area contributed by atoms with E-state index >= 15 is 0 Å². The summed E-state index contributed by atoms with van der Waals surface area (Å²) < 4.78 is 0. The van der Waals surface area contributed by atoms with Crippen LogP contribution in [0, 0.1) is 0 Å². The summed E-state index contributed by atoms with van der Waals surface area (Å²) in [5, 5.41) is 0. The molecule has 1 saturated heterocycles. The Labute approximate surface area is 184 Å². The standard InChI is InChI=1S/C26H30N4O/c1-28(2)19-24-20-29(26(31)23-14-9-15-27-18-23)16-17-30(24)25(21-10-5-3-6-11-21)22-12-7-4-8-13-22/h3-15,18,24-25H,16-17,19-20H2,1-2H3. The van der Waals surface area contributed by atoms with E-state index in [2.05, 4.69) is 89.5 Å². The summed E-state index contributed by atoms with van der Waals surface area (Å²) in [7, 11) is 4.19. The molecule has 5 nitrogen and oxygen atoms in total. The lowest BCUT2D eigenvalue weighted by atomic mass is 9.94. The van der Waals surface area contributed by atoms with Gasteiger partial charge < -0.3 is 9.80 Å². The zero-order chi connectivity index (χ0) is 21.6. The van der Waals surface area contributed by atoms with Gasteiger partial charge in [-0.15, -0.1) is 0 Å². The Bertz CT molecular complexity index is 923. The van der Waals surface area contributed by atoms with Crippen molar-refractivity contribution in [2.45, 2.75) is 12.1 Å². The van der Waals surface area contributed by atoms with Crippen molar-refractivity contribution in [3.05, 3.63) is 102 Å². The van der Waals surface area contributed by atoms with E-state index in [0.717, 1.165) is 13.1 Å². The van der Waals surface area contributed by atoms with Crippen LogP contribution in [0.1, 0.15) is 27.5 Å². The second kappa shape index (κ2) is 9.86. The Kier molecular flexibility index (Phi) is 6.75. The minimum atomic E-state index is 0.0625. The quantitative estimate of drug-likeness (QED) is 0.618. The average Bonchev–Trinajstić information content (AvgIpc) is 2.81. The van der Waals surface area contributed by atoms with Crippen molar-refractivity contribution in [1.82, 2.24) is 19.7 Å². The fourth-order valence-electron chi connectivity index (χ4n) is 4.50. The van der Waals surface area contributed by atoms with Gasteiger partial charge >= 0.3 is 0 Å². The normalized spacial score (nSPS) is 17.3. The van der Waals surface area contributed by atoms with Gasteiger partial charge in [-0.3, -0.25) is 14.7 Å². The number of carbonyl (C=O) groups is 1. The molecule has 2 aromatic carbocycles. The molecule has 0 spiro atoms. The Hall–Kier alpha value is -3.02. The molecule has 0 aliphatic carbocycles. The fraction of sp³-hybridized carbons (Fsp3) is 0.308. The molecule has 1 aliphatic heterocycles. The van der Waals surface area contributed by atoms with Crippen LogP contribution in [0.4, 0.5) is 0 Å². The van der Waals surface area contributed by atoms with Crippen molar-refractivity contribution in [3.8, 4) is 0 Å². The average molecular weight is 415 g/mol. The summed E-state index contributed by atoms with van der Waals surface area (Å²) in [5.74, 6) is 0.0625. The number of carbonyl (C=O) groups excluding carboxylic acids is 1. The summed E-state index contributed by atoms with van der Waals surface area (Å²) in [6, 6.07) is 25.4. The molecule has 5 heteroatoms. The maximum atomic E-state index is 13.1. The maximum Gasteiger partial charge on any atom is 0.255 e. The smallest absolute Gasteiger partial charge is 0.255 e. The predicted octanol–water partition coefficient (Wildman–Crippen LogP) is 3.56. The van der Waals surface area contributed by atoms with Crippen molar-refractivity contribution in [3.63, 3.8) is 0 Å². The molecule has 160 valence electrons. The molecule has 31 heavy (non-hydrogen) atoms. The zero-order valence-corrected chi connectivity index (χ0v) is 18.3. The van der Waals surface area contributed by atoms with Crippen molar-refractivity contribution < 1.29 is 4.79 Å².